The highest BCUT2D eigenvalue weighted by molar-refractivity contribution is 7.99. The summed E-state index contributed by atoms with van der Waals surface area (Å²) in [6.07, 6.45) is 2.04. The largest absolute Gasteiger partial charge is 0.416 e. The van der Waals surface area contributed by atoms with E-state index < -0.39 is 9.84 Å². The Morgan fingerprint density at radius 1 is 1.42 bits per heavy atom. The van der Waals surface area contributed by atoms with Gasteiger partial charge in [-0.25, -0.2) is 8.42 Å². The molecule has 2 aromatic heterocycles. The third-order valence-corrected chi connectivity index (χ3v) is 8.38. The number of carbonyl (C=O) groups excluding carboxylic acids is 1. The van der Waals surface area contributed by atoms with Crippen LogP contribution in [0.2, 0.25) is 0 Å². The van der Waals surface area contributed by atoms with Crippen LogP contribution in [0.25, 0.3) is 0 Å². The first-order chi connectivity index (χ1) is 12.5. The van der Waals surface area contributed by atoms with Crippen LogP contribution in [-0.2, 0) is 34.0 Å². The maximum atomic E-state index is 12.4. The molecule has 1 saturated heterocycles. The number of amides is 1. The van der Waals surface area contributed by atoms with Crippen LogP contribution in [0.1, 0.15) is 22.8 Å². The highest BCUT2D eigenvalue weighted by atomic mass is 32.2. The average molecular weight is 414 g/mol. The van der Waals surface area contributed by atoms with Gasteiger partial charge in [-0.05, 0) is 35.8 Å². The monoisotopic (exact) mass is 413 g/mol. The standard InChI is InChI=1S/C16H19N3O4S3/c20-15(19-4-1-13-12(8-19)2-5-24-13)9-25-16-18-17-14(23-16)7-11-3-6-26(21,22)10-11/h2,5,11H,1,3-4,6-10H2. The molecule has 4 heterocycles. The van der Waals surface area contributed by atoms with E-state index in [1.807, 2.05) is 4.90 Å². The molecule has 0 aromatic carbocycles. The molecule has 0 N–H and O–H groups in total. The lowest BCUT2D eigenvalue weighted by Crippen LogP contribution is -2.36. The third-order valence-electron chi connectivity index (χ3n) is 4.72. The number of hydrogen-bond acceptors (Lipinski definition) is 8. The molecule has 140 valence electrons. The minimum absolute atomic E-state index is 0.0492. The Morgan fingerprint density at radius 3 is 3.12 bits per heavy atom. The van der Waals surface area contributed by atoms with Crippen molar-refractivity contribution in [2.45, 2.75) is 31.0 Å². The summed E-state index contributed by atoms with van der Waals surface area (Å²) in [6.45, 7) is 1.42. The van der Waals surface area contributed by atoms with Gasteiger partial charge in [-0.2, -0.15) is 0 Å². The average Bonchev–Trinajstić information content (AvgIpc) is 3.32. The Morgan fingerprint density at radius 2 is 2.31 bits per heavy atom. The molecule has 0 aliphatic carbocycles. The van der Waals surface area contributed by atoms with Crippen LogP contribution in [0.3, 0.4) is 0 Å². The minimum atomic E-state index is -2.90. The van der Waals surface area contributed by atoms with Gasteiger partial charge in [0.2, 0.25) is 11.8 Å². The highest BCUT2D eigenvalue weighted by Gasteiger charge is 2.29. The van der Waals surface area contributed by atoms with Gasteiger partial charge in [0.25, 0.3) is 5.22 Å². The second-order valence-electron chi connectivity index (χ2n) is 6.66. The van der Waals surface area contributed by atoms with E-state index >= 15 is 0 Å². The van der Waals surface area contributed by atoms with Crippen LogP contribution in [0.5, 0.6) is 0 Å². The van der Waals surface area contributed by atoms with Crippen LogP contribution in [-0.4, -0.2) is 53.2 Å². The first-order valence-electron chi connectivity index (χ1n) is 8.47. The zero-order valence-corrected chi connectivity index (χ0v) is 16.5. The van der Waals surface area contributed by atoms with Crippen LogP contribution in [0.15, 0.2) is 21.1 Å². The number of hydrogen-bond donors (Lipinski definition) is 0. The first-order valence-corrected chi connectivity index (χ1v) is 12.2. The van der Waals surface area contributed by atoms with Crippen molar-refractivity contribution in [2.24, 2.45) is 5.92 Å². The Bertz CT molecular complexity index is 905. The summed E-state index contributed by atoms with van der Waals surface area (Å²) in [6, 6.07) is 2.08. The van der Waals surface area contributed by atoms with Crippen molar-refractivity contribution < 1.29 is 17.6 Å². The quantitative estimate of drug-likeness (QED) is 0.690. The van der Waals surface area contributed by atoms with Crippen molar-refractivity contribution in [2.75, 3.05) is 23.8 Å². The van der Waals surface area contributed by atoms with Crippen molar-refractivity contribution >= 4 is 38.8 Å². The highest BCUT2D eigenvalue weighted by Crippen LogP contribution is 2.26. The fourth-order valence-electron chi connectivity index (χ4n) is 3.34. The van der Waals surface area contributed by atoms with Crippen molar-refractivity contribution in [3.05, 3.63) is 27.8 Å². The van der Waals surface area contributed by atoms with Crippen LogP contribution >= 0.6 is 23.1 Å². The van der Waals surface area contributed by atoms with Gasteiger partial charge >= 0.3 is 0 Å². The van der Waals surface area contributed by atoms with Gasteiger partial charge in [0.05, 0.1) is 17.3 Å². The summed E-state index contributed by atoms with van der Waals surface area (Å²) < 4.78 is 28.6. The van der Waals surface area contributed by atoms with E-state index in [1.165, 1.54) is 22.2 Å². The van der Waals surface area contributed by atoms with Crippen molar-refractivity contribution in [1.82, 2.24) is 15.1 Å². The molecule has 1 fully saturated rings. The summed E-state index contributed by atoms with van der Waals surface area (Å²) >= 11 is 2.99. The molecular formula is C16H19N3O4S3. The second-order valence-corrected chi connectivity index (χ2v) is 10.8. The molecule has 0 radical (unpaired) electrons. The minimum Gasteiger partial charge on any atom is -0.416 e. The van der Waals surface area contributed by atoms with Gasteiger partial charge in [-0.15, -0.1) is 21.5 Å². The fraction of sp³-hybridized carbons (Fsp3) is 0.562. The molecule has 26 heavy (non-hydrogen) atoms. The zero-order valence-electron chi connectivity index (χ0n) is 14.1. The predicted octanol–water partition coefficient (Wildman–Crippen LogP) is 1.79. The predicted molar refractivity (Wildman–Crippen MR) is 98.9 cm³/mol. The molecule has 10 heteroatoms. The summed E-state index contributed by atoms with van der Waals surface area (Å²) in [5.74, 6) is 1.25. The molecule has 7 nitrogen and oxygen atoms in total. The smallest absolute Gasteiger partial charge is 0.277 e. The summed E-state index contributed by atoms with van der Waals surface area (Å²) in [7, 11) is -2.90. The Hall–Kier alpha value is -1.39. The molecule has 2 aromatic rings. The number of fused-ring (bicyclic) bond motifs is 1. The van der Waals surface area contributed by atoms with Crippen LogP contribution < -0.4 is 0 Å². The van der Waals surface area contributed by atoms with Crippen molar-refractivity contribution in [3.63, 3.8) is 0 Å². The Balaban J connectivity index is 1.27. The summed E-state index contributed by atoms with van der Waals surface area (Å²) in [5.41, 5.74) is 1.24. The van der Waals surface area contributed by atoms with Gasteiger partial charge in [0, 0.05) is 24.4 Å². The molecule has 0 spiro atoms. The van der Waals surface area contributed by atoms with Crippen molar-refractivity contribution in [1.29, 1.82) is 0 Å². The molecule has 1 unspecified atom stereocenters. The van der Waals surface area contributed by atoms with E-state index in [0.717, 1.165) is 13.0 Å². The molecule has 0 bridgehead atoms. The lowest BCUT2D eigenvalue weighted by atomic mass is 10.1. The molecule has 1 amide bonds. The Labute approximate surface area is 160 Å². The lowest BCUT2D eigenvalue weighted by Gasteiger charge is -2.26. The third kappa shape index (κ3) is 4.12. The molecule has 2 aliphatic heterocycles. The second kappa shape index (κ2) is 7.32. The van der Waals surface area contributed by atoms with E-state index in [4.69, 9.17) is 4.42 Å². The topological polar surface area (TPSA) is 93.4 Å². The van der Waals surface area contributed by atoms with Crippen molar-refractivity contribution in [3.8, 4) is 0 Å². The molecule has 2 aliphatic rings. The first kappa shape index (κ1) is 18.0. The fourth-order valence-corrected chi connectivity index (χ4v) is 6.77. The molecular weight excluding hydrogens is 394 g/mol. The number of nitrogens with zero attached hydrogens (tertiary/aromatic N) is 3. The molecule has 0 saturated carbocycles. The van der Waals surface area contributed by atoms with Gasteiger partial charge in [-0.1, -0.05) is 11.8 Å². The van der Waals surface area contributed by atoms with E-state index in [2.05, 4.69) is 21.6 Å². The number of aromatic nitrogens is 2. The van der Waals surface area contributed by atoms with E-state index in [1.54, 1.807) is 11.3 Å². The number of carbonyl (C=O) groups is 1. The number of rotatable bonds is 5. The van der Waals surface area contributed by atoms with Crippen LogP contribution in [0, 0.1) is 5.92 Å². The molecule has 4 rings (SSSR count). The normalized spacial score (nSPS) is 21.7. The lowest BCUT2D eigenvalue weighted by molar-refractivity contribution is -0.129. The summed E-state index contributed by atoms with van der Waals surface area (Å²) in [5, 5.41) is 10.4. The summed E-state index contributed by atoms with van der Waals surface area (Å²) in [4.78, 5) is 15.6. The SMILES string of the molecule is O=C(CSc1nnc(CC2CCS(=O)(=O)C2)o1)N1CCc2sccc2C1. The Kier molecular flexibility index (Phi) is 5.07. The maximum absolute atomic E-state index is 12.4. The molecule has 1 atom stereocenters. The number of thioether (sulfide) groups is 1. The number of sulfone groups is 1. The van der Waals surface area contributed by atoms with E-state index in [9.17, 15) is 13.2 Å². The van der Waals surface area contributed by atoms with Gasteiger partial charge in [0.15, 0.2) is 9.84 Å². The zero-order chi connectivity index (χ0) is 18.1. The van der Waals surface area contributed by atoms with Gasteiger partial charge in [-0.3, -0.25) is 4.79 Å². The maximum Gasteiger partial charge on any atom is 0.277 e. The van der Waals surface area contributed by atoms with E-state index in [-0.39, 0.29) is 29.1 Å². The van der Waals surface area contributed by atoms with Gasteiger partial charge < -0.3 is 9.32 Å². The van der Waals surface area contributed by atoms with Crippen LogP contribution in [0.4, 0.5) is 0 Å². The van der Waals surface area contributed by atoms with E-state index in [0.29, 0.717) is 30.5 Å². The number of thiophene rings is 1. The van der Waals surface area contributed by atoms with Gasteiger partial charge in [0.1, 0.15) is 0 Å².